The second-order valence-corrected chi connectivity index (χ2v) is 4.69. The number of esters is 1. The van der Waals surface area contributed by atoms with Gasteiger partial charge in [-0.3, -0.25) is 0 Å². The van der Waals surface area contributed by atoms with E-state index >= 15 is 0 Å². The Labute approximate surface area is 121 Å². The van der Waals surface area contributed by atoms with Crippen LogP contribution in [0.1, 0.15) is 11.1 Å². The predicted octanol–water partition coefficient (Wildman–Crippen LogP) is 3.68. The van der Waals surface area contributed by atoms with Gasteiger partial charge in [-0.05, 0) is 35.9 Å². The van der Waals surface area contributed by atoms with E-state index in [1.54, 1.807) is 18.2 Å². The van der Waals surface area contributed by atoms with Gasteiger partial charge in [0.25, 0.3) is 0 Å². The lowest BCUT2D eigenvalue weighted by Crippen LogP contribution is -2.04. The van der Waals surface area contributed by atoms with Crippen LogP contribution in [0.3, 0.4) is 0 Å². The topological polar surface area (TPSA) is 38.7 Å². The smallest absolute Gasteiger partial charge is 0.363 e. The largest absolute Gasteiger partial charge is 0.402 e. The van der Waals surface area contributed by atoms with Gasteiger partial charge in [0.2, 0.25) is 5.90 Å². The number of rotatable bonds is 2. The zero-order valence-corrected chi connectivity index (χ0v) is 11.2. The number of nitrogens with zero attached hydrogens (tertiary/aromatic N) is 1. The average Bonchev–Trinajstić information content (AvgIpc) is 2.84. The van der Waals surface area contributed by atoms with Gasteiger partial charge in [0, 0.05) is 10.6 Å². The van der Waals surface area contributed by atoms with Crippen LogP contribution in [-0.2, 0) is 9.53 Å². The second kappa shape index (κ2) is 5.31. The van der Waals surface area contributed by atoms with Gasteiger partial charge < -0.3 is 4.74 Å². The third-order valence-electron chi connectivity index (χ3n) is 2.81. The summed E-state index contributed by atoms with van der Waals surface area (Å²) < 4.78 is 5.17. The van der Waals surface area contributed by atoms with Crippen LogP contribution in [0.2, 0.25) is 5.02 Å². The third kappa shape index (κ3) is 2.63. The van der Waals surface area contributed by atoms with Crippen molar-refractivity contribution in [2.75, 3.05) is 0 Å². The minimum Gasteiger partial charge on any atom is -0.402 e. The summed E-state index contributed by atoms with van der Waals surface area (Å²) in [6.45, 7) is 0. The number of carbonyl (C=O) groups excluding carboxylic acids is 1. The molecule has 0 saturated carbocycles. The lowest BCUT2D eigenvalue weighted by atomic mass is 10.2. The summed E-state index contributed by atoms with van der Waals surface area (Å²) in [5, 5.41) is 0.648. The number of hydrogen-bond donors (Lipinski definition) is 0. The highest BCUT2D eigenvalue weighted by Gasteiger charge is 2.23. The highest BCUT2D eigenvalue weighted by molar-refractivity contribution is 6.30. The molecule has 0 N–H and O–H groups in total. The Hall–Kier alpha value is -2.39. The lowest BCUT2D eigenvalue weighted by Gasteiger charge is -1.97. The number of halogens is 1. The molecule has 4 heteroatoms. The summed E-state index contributed by atoms with van der Waals surface area (Å²) in [5.74, 6) is -0.116. The molecule has 0 radical (unpaired) electrons. The van der Waals surface area contributed by atoms with Gasteiger partial charge in [-0.1, -0.05) is 41.9 Å². The molecule has 1 heterocycles. The number of benzene rings is 2. The van der Waals surface area contributed by atoms with Gasteiger partial charge in [-0.25, -0.2) is 9.79 Å². The first-order valence-electron chi connectivity index (χ1n) is 6.06. The molecule has 0 spiro atoms. The molecular weight excluding hydrogens is 274 g/mol. The van der Waals surface area contributed by atoms with Crippen molar-refractivity contribution < 1.29 is 9.53 Å². The molecule has 2 aromatic rings. The van der Waals surface area contributed by atoms with E-state index in [4.69, 9.17) is 16.3 Å². The Morgan fingerprint density at radius 2 is 1.70 bits per heavy atom. The maximum absolute atomic E-state index is 11.8. The van der Waals surface area contributed by atoms with E-state index in [0.29, 0.717) is 10.9 Å². The fraction of sp³-hybridized carbons (Fsp3) is 0. The van der Waals surface area contributed by atoms with Gasteiger partial charge in [0.15, 0.2) is 5.70 Å². The minimum atomic E-state index is -0.446. The van der Waals surface area contributed by atoms with Crippen molar-refractivity contribution in [2.24, 2.45) is 4.99 Å². The summed E-state index contributed by atoms with van der Waals surface area (Å²) >= 11 is 5.82. The first-order chi connectivity index (χ1) is 9.72. The Kier molecular flexibility index (Phi) is 3.35. The highest BCUT2D eigenvalue weighted by atomic mass is 35.5. The molecule has 0 amide bonds. The molecule has 0 bridgehead atoms. The van der Waals surface area contributed by atoms with Gasteiger partial charge in [0.05, 0.1) is 0 Å². The molecule has 1 aliphatic heterocycles. The molecule has 0 saturated heterocycles. The summed E-state index contributed by atoms with van der Waals surface area (Å²) in [5.41, 5.74) is 1.91. The van der Waals surface area contributed by atoms with Crippen molar-refractivity contribution in [3.63, 3.8) is 0 Å². The van der Waals surface area contributed by atoms with Gasteiger partial charge in [-0.15, -0.1) is 0 Å². The zero-order valence-electron chi connectivity index (χ0n) is 10.4. The first kappa shape index (κ1) is 12.6. The molecule has 3 rings (SSSR count). The normalized spacial score (nSPS) is 16.1. The molecule has 3 nitrogen and oxygen atoms in total. The van der Waals surface area contributed by atoms with Gasteiger partial charge >= 0.3 is 5.97 Å². The Bertz CT molecular complexity index is 703. The molecular formula is C16H10ClNO2. The number of aliphatic imine (C=N–C) groups is 1. The Balaban J connectivity index is 1.92. The van der Waals surface area contributed by atoms with Crippen molar-refractivity contribution in [2.45, 2.75) is 0 Å². The lowest BCUT2D eigenvalue weighted by molar-refractivity contribution is -0.129. The molecule has 0 unspecified atom stereocenters. The quantitative estimate of drug-likeness (QED) is 0.623. The van der Waals surface area contributed by atoms with E-state index < -0.39 is 5.97 Å². The number of ether oxygens (including phenoxy) is 1. The monoisotopic (exact) mass is 283 g/mol. The van der Waals surface area contributed by atoms with E-state index in [1.165, 1.54) is 0 Å². The third-order valence-corrected chi connectivity index (χ3v) is 3.07. The van der Waals surface area contributed by atoms with Crippen LogP contribution in [0.15, 0.2) is 65.3 Å². The fourth-order valence-electron chi connectivity index (χ4n) is 1.83. The Morgan fingerprint density at radius 1 is 1.00 bits per heavy atom. The SMILES string of the molecule is O=C1OC(c2ccccc2)=NC1=Cc1ccc(Cl)cc1. The zero-order chi connectivity index (χ0) is 13.9. The number of cyclic esters (lactones) is 1. The van der Waals surface area contributed by atoms with E-state index in [0.717, 1.165) is 11.1 Å². The standard InChI is InChI=1S/C16H10ClNO2/c17-13-8-6-11(7-9-13)10-14-16(19)20-15(18-14)12-4-2-1-3-5-12/h1-10H. The second-order valence-electron chi connectivity index (χ2n) is 4.25. The molecule has 1 aliphatic rings. The Morgan fingerprint density at radius 3 is 2.40 bits per heavy atom. The van der Waals surface area contributed by atoms with Crippen LogP contribution in [0.25, 0.3) is 6.08 Å². The summed E-state index contributed by atoms with van der Waals surface area (Å²) in [7, 11) is 0. The van der Waals surface area contributed by atoms with Crippen LogP contribution >= 0.6 is 11.6 Å². The van der Waals surface area contributed by atoms with E-state index in [2.05, 4.69) is 4.99 Å². The average molecular weight is 284 g/mol. The van der Waals surface area contributed by atoms with Crippen LogP contribution in [0.4, 0.5) is 0 Å². The summed E-state index contributed by atoms with van der Waals surface area (Å²) in [4.78, 5) is 16.0. The molecule has 20 heavy (non-hydrogen) atoms. The minimum absolute atomic E-state index is 0.283. The molecule has 98 valence electrons. The molecule has 0 atom stereocenters. The van der Waals surface area contributed by atoms with Crippen molar-refractivity contribution >= 4 is 29.5 Å². The fourth-order valence-corrected chi connectivity index (χ4v) is 1.96. The van der Waals surface area contributed by atoms with Gasteiger partial charge in [0.1, 0.15) is 0 Å². The van der Waals surface area contributed by atoms with E-state index in [9.17, 15) is 4.79 Å². The molecule has 0 aliphatic carbocycles. The van der Waals surface area contributed by atoms with Crippen LogP contribution in [0, 0.1) is 0 Å². The maximum atomic E-state index is 11.8. The predicted molar refractivity (Wildman–Crippen MR) is 78.5 cm³/mol. The summed E-state index contributed by atoms with van der Waals surface area (Å²) in [6.07, 6.45) is 1.68. The number of carbonyl (C=O) groups is 1. The molecule has 0 aromatic heterocycles. The first-order valence-corrected chi connectivity index (χ1v) is 6.44. The van der Waals surface area contributed by atoms with Crippen molar-refractivity contribution in [1.82, 2.24) is 0 Å². The van der Waals surface area contributed by atoms with Gasteiger partial charge in [-0.2, -0.15) is 0 Å². The van der Waals surface area contributed by atoms with Crippen molar-refractivity contribution in [3.05, 3.63) is 76.4 Å². The van der Waals surface area contributed by atoms with Crippen LogP contribution in [-0.4, -0.2) is 11.9 Å². The van der Waals surface area contributed by atoms with Crippen LogP contribution in [0.5, 0.6) is 0 Å². The van der Waals surface area contributed by atoms with Crippen molar-refractivity contribution in [3.8, 4) is 0 Å². The van der Waals surface area contributed by atoms with E-state index in [-0.39, 0.29) is 5.70 Å². The van der Waals surface area contributed by atoms with Crippen LogP contribution < -0.4 is 0 Å². The molecule has 0 fully saturated rings. The van der Waals surface area contributed by atoms with E-state index in [1.807, 2.05) is 42.5 Å². The molecule has 2 aromatic carbocycles. The summed E-state index contributed by atoms with van der Waals surface area (Å²) in [6, 6.07) is 16.5. The highest BCUT2D eigenvalue weighted by Crippen LogP contribution is 2.19. The van der Waals surface area contributed by atoms with Crippen molar-refractivity contribution in [1.29, 1.82) is 0 Å². The number of hydrogen-bond acceptors (Lipinski definition) is 3. The maximum Gasteiger partial charge on any atom is 0.363 e.